The minimum Gasteiger partial charge on any atom is -0.464 e. The number of benzene rings is 1. The number of nitrogens with zero attached hydrogens (tertiary/aromatic N) is 2. The average Bonchev–Trinajstić information content (AvgIpc) is 2.86. The molecular formula is C17H22N2O2. The van der Waals surface area contributed by atoms with Crippen LogP contribution in [0.3, 0.4) is 0 Å². The monoisotopic (exact) mass is 286 g/mol. The number of aromatic nitrogens is 2. The Morgan fingerprint density at radius 2 is 1.90 bits per heavy atom. The van der Waals surface area contributed by atoms with E-state index >= 15 is 0 Å². The third kappa shape index (κ3) is 2.84. The summed E-state index contributed by atoms with van der Waals surface area (Å²) in [6, 6.07) is 6.11. The molecule has 4 nitrogen and oxygen atoms in total. The van der Waals surface area contributed by atoms with Gasteiger partial charge >= 0.3 is 6.09 Å². The van der Waals surface area contributed by atoms with E-state index in [1.165, 1.54) is 15.7 Å². The van der Waals surface area contributed by atoms with Gasteiger partial charge in [0.2, 0.25) is 0 Å². The molecule has 0 aliphatic carbocycles. The number of aryl methyl sites for hydroxylation is 1. The van der Waals surface area contributed by atoms with E-state index in [9.17, 15) is 9.90 Å². The molecule has 0 bridgehead atoms. The molecule has 0 saturated heterocycles. The second-order valence-electron chi connectivity index (χ2n) is 5.84. The summed E-state index contributed by atoms with van der Waals surface area (Å²) in [6.45, 7) is 10.2. The van der Waals surface area contributed by atoms with Gasteiger partial charge in [-0.25, -0.2) is 14.3 Å². The highest BCUT2D eigenvalue weighted by Gasteiger charge is 2.22. The zero-order valence-corrected chi connectivity index (χ0v) is 13.2. The van der Waals surface area contributed by atoms with Crippen LogP contribution in [0.5, 0.6) is 0 Å². The summed E-state index contributed by atoms with van der Waals surface area (Å²) in [4.78, 5) is 16.0. The first-order chi connectivity index (χ1) is 9.82. The van der Waals surface area contributed by atoms with Crippen LogP contribution in [0.25, 0.3) is 0 Å². The molecule has 1 aromatic heterocycles. The van der Waals surface area contributed by atoms with Crippen molar-refractivity contribution in [1.82, 2.24) is 9.55 Å². The Hall–Kier alpha value is -2.10. The van der Waals surface area contributed by atoms with Crippen LogP contribution in [-0.2, 0) is 0 Å². The lowest BCUT2D eigenvalue weighted by molar-refractivity contribution is 0.195. The van der Waals surface area contributed by atoms with E-state index in [2.05, 4.69) is 24.9 Å². The highest BCUT2D eigenvalue weighted by atomic mass is 16.4. The summed E-state index contributed by atoms with van der Waals surface area (Å²) in [5.74, 6) is 0.726. The fraction of sp³-hybridized carbons (Fsp3) is 0.412. The van der Waals surface area contributed by atoms with Crippen molar-refractivity contribution < 1.29 is 9.90 Å². The molecule has 1 unspecified atom stereocenters. The van der Waals surface area contributed by atoms with Crippen LogP contribution < -0.4 is 0 Å². The normalized spacial score (nSPS) is 12.7. The van der Waals surface area contributed by atoms with Crippen LogP contribution in [0.1, 0.15) is 60.8 Å². The third-order valence-electron chi connectivity index (χ3n) is 4.05. The number of rotatable bonds is 3. The molecule has 0 aliphatic rings. The Kier molecular flexibility index (Phi) is 4.16. The fourth-order valence-electron chi connectivity index (χ4n) is 2.53. The maximum atomic E-state index is 11.5. The Morgan fingerprint density at radius 3 is 2.48 bits per heavy atom. The lowest BCUT2D eigenvalue weighted by atomic mass is 9.93. The molecule has 2 rings (SSSR count). The fourth-order valence-corrected chi connectivity index (χ4v) is 2.53. The molecule has 112 valence electrons. The van der Waals surface area contributed by atoms with Crippen LogP contribution in [0, 0.1) is 13.8 Å². The Bertz CT molecular complexity index is 671. The van der Waals surface area contributed by atoms with Crippen molar-refractivity contribution in [3.05, 3.63) is 52.6 Å². The van der Waals surface area contributed by atoms with Crippen molar-refractivity contribution >= 4 is 6.09 Å². The molecule has 0 spiro atoms. The first-order valence-electron chi connectivity index (χ1n) is 7.21. The van der Waals surface area contributed by atoms with Gasteiger partial charge in [0.1, 0.15) is 5.82 Å². The van der Waals surface area contributed by atoms with Gasteiger partial charge in [-0.05, 0) is 36.5 Å². The van der Waals surface area contributed by atoms with E-state index in [1.807, 2.05) is 32.9 Å². The minimum absolute atomic E-state index is 0.0616. The zero-order valence-electron chi connectivity index (χ0n) is 13.2. The van der Waals surface area contributed by atoms with Crippen molar-refractivity contribution in [2.24, 2.45) is 0 Å². The van der Waals surface area contributed by atoms with Crippen LogP contribution in [0.15, 0.2) is 24.4 Å². The number of carbonyl (C=O) groups is 1. The zero-order chi connectivity index (χ0) is 15.7. The Morgan fingerprint density at radius 1 is 1.24 bits per heavy atom. The molecule has 1 aromatic carbocycles. The van der Waals surface area contributed by atoms with Gasteiger partial charge in [-0.1, -0.05) is 39.0 Å². The largest absolute Gasteiger partial charge is 0.464 e. The summed E-state index contributed by atoms with van der Waals surface area (Å²) in [6.07, 6.45) is 0.644. The molecule has 1 atom stereocenters. The van der Waals surface area contributed by atoms with Gasteiger partial charge in [0.05, 0.1) is 5.69 Å². The van der Waals surface area contributed by atoms with Gasteiger partial charge in [-0.3, -0.25) is 0 Å². The van der Waals surface area contributed by atoms with Gasteiger partial charge in [0.15, 0.2) is 0 Å². The average molecular weight is 286 g/mol. The molecular weight excluding hydrogens is 264 g/mol. The van der Waals surface area contributed by atoms with E-state index in [-0.39, 0.29) is 11.8 Å². The van der Waals surface area contributed by atoms with Gasteiger partial charge in [0, 0.05) is 12.1 Å². The smallest absolute Gasteiger partial charge is 0.417 e. The van der Waals surface area contributed by atoms with Crippen LogP contribution in [-0.4, -0.2) is 20.8 Å². The van der Waals surface area contributed by atoms with Crippen molar-refractivity contribution in [2.75, 3.05) is 0 Å². The molecule has 2 aromatic rings. The number of carboxylic acid groups (broad SMARTS) is 1. The summed E-state index contributed by atoms with van der Waals surface area (Å²) < 4.78 is 1.25. The molecule has 0 saturated carbocycles. The van der Waals surface area contributed by atoms with Crippen LogP contribution >= 0.6 is 0 Å². The van der Waals surface area contributed by atoms with Gasteiger partial charge in [-0.2, -0.15) is 0 Å². The van der Waals surface area contributed by atoms with E-state index in [4.69, 9.17) is 0 Å². The van der Waals surface area contributed by atoms with Crippen LogP contribution in [0.2, 0.25) is 0 Å². The summed E-state index contributed by atoms with van der Waals surface area (Å²) in [7, 11) is 0. The van der Waals surface area contributed by atoms with Crippen molar-refractivity contribution in [2.45, 2.75) is 46.5 Å². The predicted molar refractivity (Wildman–Crippen MR) is 83.2 cm³/mol. The van der Waals surface area contributed by atoms with E-state index in [1.54, 1.807) is 6.20 Å². The molecule has 0 aliphatic heterocycles. The molecule has 0 radical (unpaired) electrons. The lowest BCUT2D eigenvalue weighted by Gasteiger charge is -2.16. The van der Waals surface area contributed by atoms with Gasteiger partial charge < -0.3 is 5.11 Å². The summed E-state index contributed by atoms with van der Waals surface area (Å²) in [5.41, 5.74) is 4.33. The number of hydrogen-bond donors (Lipinski definition) is 1. The van der Waals surface area contributed by atoms with Crippen LogP contribution in [0.4, 0.5) is 4.79 Å². The highest BCUT2D eigenvalue weighted by Crippen LogP contribution is 2.29. The van der Waals surface area contributed by atoms with E-state index < -0.39 is 6.09 Å². The quantitative estimate of drug-likeness (QED) is 0.915. The van der Waals surface area contributed by atoms with Gasteiger partial charge in [0.25, 0.3) is 0 Å². The van der Waals surface area contributed by atoms with Crippen molar-refractivity contribution in [3.63, 3.8) is 0 Å². The van der Waals surface area contributed by atoms with Crippen molar-refractivity contribution in [3.8, 4) is 0 Å². The maximum Gasteiger partial charge on any atom is 0.417 e. The van der Waals surface area contributed by atoms with E-state index in [0.29, 0.717) is 5.82 Å². The van der Waals surface area contributed by atoms with E-state index in [0.717, 1.165) is 11.3 Å². The molecule has 21 heavy (non-hydrogen) atoms. The SMILES string of the molecule is Cc1cccc(C(C)c2nc(C(C)C)cn2C(=O)O)c1C. The molecule has 0 amide bonds. The third-order valence-corrected chi connectivity index (χ3v) is 4.05. The highest BCUT2D eigenvalue weighted by molar-refractivity contribution is 5.69. The first kappa shape index (κ1) is 15.3. The van der Waals surface area contributed by atoms with Gasteiger partial charge in [-0.15, -0.1) is 0 Å². The summed E-state index contributed by atoms with van der Waals surface area (Å²) >= 11 is 0. The number of hydrogen-bond acceptors (Lipinski definition) is 2. The second kappa shape index (κ2) is 5.72. The maximum absolute atomic E-state index is 11.5. The molecule has 1 heterocycles. The minimum atomic E-state index is -0.985. The first-order valence-corrected chi connectivity index (χ1v) is 7.21. The molecule has 0 fully saturated rings. The standard InChI is InChI=1S/C17H22N2O2/c1-10(2)15-9-19(17(20)21)16(18-15)13(5)14-8-6-7-11(3)12(14)4/h6-10,13H,1-5H3,(H,20,21). The summed E-state index contributed by atoms with van der Waals surface area (Å²) in [5, 5.41) is 9.40. The molecule has 4 heteroatoms. The van der Waals surface area contributed by atoms with Crippen molar-refractivity contribution in [1.29, 1.82) is 0 Å². The second-order valence-corrected chi connectivity index (χ2v) is 5.84. The Labute approximate surface area is 125 Å². The lowest BCUT2D eigenvalue weighted by Crippen LogP contribution is -2.14. The molecule has 1 N–H and O–H groups in total. The predicted octanol–water partition coefficient (Wildman–Crippen LogP) is 4.30. The Balaban J connectivity index is 2.54. The topological polar surface area (TPSA) is 55.1 Å². The number of imidazole rings is 1.